The van der Waals surface area contributed by atoms with E-state index in [1.54, 1.807) is 36.4 Å². The van der Waals surface area contributed by atoms with Gasteiger partial charge in [-0.1, -0.05) is 34.1 Å². The molecule has 0 fully saturated rings. The van der Waals surface area contributed by atoms with Crippen LogP contribution in [0.4, 0.5) is 27.6 Å². The SMILES string of the molecule is CC1=NN(c2c(F)c(F)c(F)c(F)c2F)C(=O)/C1=C\c1cc(Br)cc(Br)c1OCc1ccccc1C#N. The van der Waals surface area contributed by atoms with Gasteiger partial charge in [0.05, 0.1) is 27.4 Å². The van der Waals surface area contributed by atoms with Crippen molar-refractivity contribution in [1.29, 1.82) is 5.26 Å². The summed E-state index contributed by atoms with van der Waals surface area (Å²) in [5.74, 6) is -12.0. The summed E-state index contributed by atoms with van der Waals surface area (Å²) in [5, 5.41) is 13.2. The summed E-state index contributed by atoms with van der Waals surface area (Å²) in [6.45, 7) is 1.34. The first kappa shape index (κ1) is 26.5. The van der Waals surface area contributed by atoms with Crippen molar-refractivity contribution in [3.63, 3.8) is 0 Å². The number of hydrogen-bond acceptors (Lipinski definition) is 4. The van der Waals surface area contributed by atoms with E-state index < -0.39 is 40.7 Å². The maximum atomic E-state index is 14.3. The molecule has 1 aliphatic rings. The van der Waals surface area contributed by atoms with Crippen LogP contribution in [0.25, 0.3) is 6.08 Å². The third kappa shape index (κ3) is 4.89. The lowest BCUT2D eigenvalue weighted by atomic mass is 10.1. The molecule has 188 valence electrons. The Bertz CT molecular complexity index is 1540. The Balaban J connectivity index is 1.75. The second kappa shape index (κ2) is 10.4. The molecule has 0 aromatic heterocycles. The molecule has 1 amide bonds. The van der Waals surface area contributed by atoms with Gasteiger partial charge in [-0.2, -0.15) is 15.4 Å². The molecule has 37 heavy (non-hydrogen) atoms. The van der Waals surface area contributed by atoms with Crippen LogP contribution in [0.1, 0.15) is 23.6 Å². The molecular weight excluding hydrogens is 629 g/mol. The number of ether oxygens (including phenoxy) is 1. The number of hydrogen-bond donors (Lipinski definition) is 0. The van der Waals surface area contributed by atoms with Gasteiger partial charge in [0.15, 0.2) is 23.3 Å². The number of nitriles is 1. The number of amides is 1. The molecular formula is C25H12Br2F5N3O2. The van der Waals surface area contributed by atoms with E-state index in [0.29, 0.717) is 25.6 Å². The third-order valence-electron chi connectivity index (χ3n) is 5.31. The largest absolute Gasteiger partial charge is 0.487 e. The van der Waals surface area contributed by atoms with Crippen molar-refractivity contribution in [2.75, 3.05) is 5.01 Å². The Morgan fingerprint density at radius 1 is 1.03 bits per heavy atom. The van der Waals surface area contributed by atoms with Gasteiger partial charge < -0.3 is 4.74 Å². The summed E-state index contributed by atoms with van der Waals surface area (Å²) < 4.78 is 76.6. The fourth-order valence-corrected chi connectivity index (χ4v) is 4.89. The van der Waals surface area contributed by atoms with Gasteiger partial charge in [-0.05, 0) is 47.1 Å². The Hall–Kier alpha value is -3.56. The first-order valence-electron chi connectivity index (χ1n) is 10.3. The second-order valence-corrected chi connectivity index (χ2v) is 9.41. The summed E-state index contributed by atoms with van der Waals surface area (Å²) in [7, 11) is 0. The molecule has 1 aliphatic heterocycles. The zero-order valence-electron chi connectivity index (χ0n) is 18.6. The number of carbonyl (C=O) groups is 1. The van der Waals surface area contributed by atoms with Crippen LogP contribution in [0.2, 0.25) is 0 Å². The molecule has 0 bridgehead atoms. The van der Waals surface area contributed by atoms with E-state index in [-0.39, 0.29) is 28.7 Å². The molecule has 5 nitrogen and oxygen atoms in total. The predicted molar refractivity (Wildman–Crippen MR) is 132 cm³/mol. The predicted octanol–water partition coefficient (Wildman–Crippen LogP) is 7.16. The highest BCUT2D eigenvalue weighted by Crippen LogP contribution is 2.38. The molecule has 12 heteroatoms. The number of anilines is 1. The normalized spacial score (nSPS) is 14.2. The fraction of sp³-hybridized carbons (Fsp3) is 0.0800. The smallest absolute Gasteiger partial charge is 0.280 e. The molecule has 4 rings (SSSR count). The van der Waals surface area contributed by atoms with Crippen LogP contribution in [0, 0.1) is 40.4 Å². The van der Waals surface area contributed by atoms with Crippen LogP contribution in [0.15, 0.2) is 56.0 Å². The average Bonchev–Trinajstić information content (AvgIpc) is 3.14. The second-order valence-electron chi connectivity index (χ2n) is 7.64. The van der Waals surface area contributed by atoms with Crippen molar-refractivity contribution in [2.24, 2.45) is 5.10 Å². The fourth-order valence-electron chi connectivity index (χ4n) is 3.52. The topological polar surface area (TPSA) is 65.7 Å². The van der Waals surface area contributed by atoms with E-state index in [4.69, 9.17) is 4.74 Å². The van der Waals surface area contributed by atoms with Gasteiger partial charge in [0.1, 0.15) is 18.0 Å². The maximum Gasteiger partial charge on any atom is 0.280 e. The minimum absolute atomic E-state index is 0.00215. The van der Waals surface area contributed by atoms with Crippen molar-refractivity contribution >= 4 is 55.2 Å². The van der Waals surface area contributed by atoms with E-state index in [1.165, 1.54) is 13.0 Å². The maximum absolute atomic E-state index is 14.3. The van der Waals surface area contributed by atoms with Gasteiger partial charge in [0.2, 0.25) is 5.82 Å². The van der Waals surface area contributed by atoms with Gasteiger partial charge in [-0.3, -0.25) is 4.79 Å². The zero-order valence-corrected chi connectivity index (χ0v) is 21.7. The number of hydrazone groups is 1. The van der Waals surface area contributed by atoms with Crippen LogP contribution < -0.4 is 9.75 Å². The average molecular weight is 641 g/mol. The van der Waals surface area contributed by atoms with Crippen LogP contribution in [-0.2, 0) is 11.4 Å². The lowest BCUT2D eigenvalue weighted by molar-refractivity contribution is -0.114. The monoisotopic (exact) mass is 639 g/mol. The molecule has 3 aromatic rings. The van der Waals surface area contributed by atoms with Crippen molar-refractivity contribution < 1.29 is 31.5 Å². The van der Waals surface area contributed by atoms with E-state index >= 15 is 0 Å². The van der Waals surface area contributed by atoms with Crippen molar-refractivity contribution in [1.82, 2.24) is 0 Å². The lowest BCUT2D eigenvalue weighted by Gasteiger charge is -2.15. The Morgan fingerprint density at radius 3 is 2.30 bits per heavy atom. The molecule has 0 saturated carbocycles. The van der Waals surface area contributed by atoms with Crippen LogP contribution >= 0.6 is 31.9 Å². The first-order valence-corrected chi connectivity index (χ1v) is 11.9. The molecule has 0 N–H and O–H groups in total. The number of nitrogens with zero attached hydrogens (tertiary/aromatic N) is 3. The molecule has 3 aromatic carbocycles. The highest BCUT2D eigenvalue weighted by atomic mass is 79.9. The minimum atomic E-state index is -2.35. The highest BCUT2D eigenvalue weighted by molar-refractivity contribution is 9.11. The quantitative estimate of drug-likeness (QED) is 0.129. The van der Waals surface area contributed by atoms with Crippen molar-refractivity contribution in [3.05, 3.63) is 96.7 Å². The van der Waals surface area contributed by atoms with Gasteiger partial charge >= 0.3 is 0 Å². The number of halogens is 7. The summed E-state index contributed by atoms with van der Waals surface area (Å²) in [6, 6.07) is 12.1. The number of rotatable bonds is 5. The van der Waals surface area contributed by atoms with E-state index in [1.807, 2.05) is 0 Å². The summed E-state index contributed by atoms with van der Waals surface area (Å²) >= 11 is 6.72. The Morgan fingerprint density at radius 2 is 1.65 bits per heavy atom. The highest BCUT2D eigenvalue weighted by Gasteiger charge is 2.37. The number of carbonyl (C=O) groups excluding carboxylic acids is 1. The van der Waals surface area contributed by atoms with E-state index in [9.17, 15) is 32.0 Å². The molecule has 0 atom stereocenters. The van der Waals surface area contributed by atoms with Gasteiger partial charge in [-0.25, -0.2) is 22.0 Å². The Kier molecular flexibility index (Phi) is 7.47. The molecule has 0 saturated heterocycles. The van der Waals surface area contributed by atoms with Gasteiger partial charge in [-0.15, -0.1) is 0 Å². The summed E-state index contributed by atoms with van der Waals surface area (Å²) in [5.41, 5.74) is -0.354. The zero-order chi connectivity index (χ0) is 27.0. The van der Waals surface area contributed by atoms with Crippen molar-refractivity contribution in [2.45, 2.75) is 13.5 Å². The minimum Gasteiger partial charge on any atom is -0.487 e. The summed E-state index contributed by atoms with van der Waals surface area (Å²) in [4.78, 5) is 13.0. The third-order valence-corrected chi connectivity index (χ3v) is 6.35. The van der Waals surface area contributed by atoms with Crippen LogP contribution in [-0.4, -0.2) is 11.6 Å². The van der Waals surface area contributed by atoms with Crippen LogP contribution in [0.5, 0.6) is 5.75 Å². The molecule has 1 heterocycles. The van der Waals surface area contributed by atoms with Crippen LogP contribution in [0.3, 0.4) is 0 Å². The molecule has 0 radical (unpaired) electrons. The van der Waals surface area contributed by atoms with Gasteiger partial charge in [0.25, 0.3) is 5.91 Å². The van der Waals surface area contributed by atoms with E-state index in [0.717, 1.165) is 0 Å². The standard InChI is InChI=1S/C25H12Br2F5N3O2/c1-11-16(25(36)35(34-11)23-21(31)19(29)18(28)20(30)22(23)32)7-14-6-15(26)8-17(27)24(14)37-10-13-5-3-2-4-12(13)9-33/h2-8H,10H2,1H3/b16-7-. The summed E-state index contributed by atoms with van der Waals surface area (Å²) in [6.07, 6.45) is 1.31. The number of benzene rings is 3. The first-order chi connectivity index (χ1) is 17.5. The van der Waals surface area contributed by atoms with Crippen molar-refractivity contribution in [3.8, 4) is 11.8 Å². The molecule has 0 spiro atoms. The van der Waals surface area contributed by atoms with E-state index in [2.05, 4.69) is 43.0 Å². The Labute approximate surface area is 223 Å². The molecule has 0 aliphatic carbocycles. The molecule has 0 unspecified atom stereocenters. The lowest BCUT2D eigenvalue weighted by Crippen LogP contribution is -2.25. The van der Waals surface area contributed by atoms with Gasteiger partial charge in [0, 0.05) is 15.6 Å².